The Bertz CT molecular complexity index is 1720. The molecule has 5 heterocycles. The highest BCUT2D eigenvalue weighted by Crippen LogP contribution is 2.35. The van der Waals surface area contributed by atoms with E-state index in [-0.39, 0.29) is 5.69 Å². The van der Waals surface area contributed by atoms with Gasteiger partial charge in [-0.15, -0.1) is 0 Å². The van der Waals surface area contributed by atoms with Crippen LogP contribution in [0.15, 0.2) is 55.1 Å². The highest BCUT2D eigenvalue weighted by Gasteiger charge is 2.21. The van der Waals surface area contributed by atoms with E-state index >= 15 is 0 Å². The maximum Gasteiger partial charge on any atom is 0.182 e. The minimum Gasteiger partial charge on any atom is -0.367 e. The van der Waals surface area contributed by atoms with Crippen molar-refractivity contribution in [2.24, 2.45) is 0 Å². The summed E-state index contributed by atoms with van der Waals surface area (Å²) in [5.74, 6) is -0.827. The van der Waals surface area contributed by atoms with E-state index in [0.29, 0.717) is 24.7 Å². The zero-order chi connectivity index (χ0) is 27.9. The molecule has 7 rings (SSSR count). The summed E-state index contributed by atoms with van der Waals surface area (Å²) < 4.78 is 29.6. The lowest BCUT2D eigenvalue weighted by Gasteiger charge is -2.30. The number of hydrogen-bond acceptors (Lipinski definition) is 7. The number of anilines is 2. The van der Waals surface area contributed by atoms with Gasteiger partial charge in [-0.2, -0.15) is 0 Å². The van der Waals surface area contributed by atoms with E-state index in [9.17, 15) is 8.78 Å². The van der Waals surface area contributed by atoms with Crippen molar-refractivity contribution in [3.63, 3.8) is 0 Å². The van der Waals surface area contributed by atoms with Crippen LogP contribution in [0.5, 0.6) is 0 Å². The fraction of sp³-hybridized carbons (Fsp3) is 0.323. The number of piperidine rings is 1. The first kappa shape index (κ1) is 25.8. The van der Waals surface area contributed by atoms with E-state index in [2.05, 4.69) is 48.6 Å². The summed E-state index contributed by atoms with van der Waals surface area (Å²) >= 11 is 0. The highest BCUT2D eigenvalue weighted by molar-refractivity contribution is 5.99. The number of nitrogens with zero attached hydrogens (tertiary/aromatic N) is 5. The van der Waals surface area contributed by atoms with Gasteiger partial charge in [-0.25, -0.2) is 23.7 Å². The smallest absolute Gasteiger partial charge is 0.182 e. The third-order valence-electron chi connectivity index (χ3n) is 8.34. The van der Waals surface area contributed by atoms with Gasteiger partial charge in [-0.1, -0.05) is 6.07 Å². The van der Waals surface area contributed by atoms with E-state index in [0.717, 1.165) is 83.5 Å². The Morgan fingerprint density at radius 2 is 1.68 bits per heavy atom. The molecule has 5 aromatic rings. The third kappa shape index (κ3) is 4.98. The van der Waals surface area contributed by atoms with E-state index in [4.69, 9.17) is 0 Å². The summed E-state index contributed by atoms with van der Waals surface area (Å²) in [7, 11) is 2.15. The molecular weight excluding hydrogens is 522 g/mol. The van der Waals surface area contributed by atoms with Gasteiger partial charge in [0.25, 0.3) is 0 Å². The van der Waals surface area contributed by atoms with Gasteiger partial charge in [0.15, 0.2) is 11.6 Å². The number of pyridine rings is 1. The highest BCUT2D eigenvalue weighted by atomic mass is 19.2. The van der Waals surface area contributed by atoms with Crippen molar-refractivity contribution >= 4 is 33.4 Å². The average Bonchev–Trinajstić information content (AvgIpc) is 3.43. The number of hydrogen-bond donors (Lipinski definition) is 3. The Balaban J connectivity index is 1.26. The number of halogens is 2. The molecule has 10 heteroatoms. The lowest BCUT2D eigenvalue weighted by atomic mass is 10.00. The van der Waals surface area contributed by atoms with Crippen LogP contribution in [-0.4, -0.2) is 77.2 Å². The molecule has 0 saturated carbocycles. The Morgan fingerprint density at radius 3 is 2.51 bits per heavy atom. The molecule has 2 saturated heterocycles. The van der Waals surface area contributed by atoms with Crippen molar-refractivity contribution in [2.75, 3.05) is 56.5 Å². The molecule has 0 aliphatic carbocycles. The fourth-order valence-electron chi connectivity index (χ4n) is 5.96. The first-order valence-electron chi connectivity index (χ1n) is 14.2. The number of H-pyrrole nitrogens is 1. The zero-order valence-electron chi connectivity index (χ0n) is 22.9. The van der Waals surface area contributed by atoms with Crippen LogP contribution < -0.4 is 15.5 Å². The number of nitrogens with one attached hydrogen (secondary N) is 3. The molecule has 0 radical (unpaired) electrons. The van der Waals surface area contributed by atoms with Gasteiger partial charge in [0.1, 0.15) is 17.8 Å². The van der Waals surface area contributed by atoms with Crippen molar-refractivity contribution in [3.8, 4) is 22.3 Å². The van der Waals surface area contributed by atoms with Crippen LogP contribution in [0.3, 0.4) is 0 Å². The summed E-state index contributed by atoms with van der Waals surface area (Å²) in [6.45, 7) is 4.84. The minimum absolute atomic E-state index is 0.287. The van der Waals surface area contributed by atoms with Gasteiger partial charge < -0.3 is 25.4 Å². The standard InChI is InChI=1S/C31H32F2N8/c1-40-8-4-22(5-9-40)39-31-24-12-19(2-3-27(24)37-18-38-31)25-17-36-30-23(25)13-21(16-35-30)20-14-26(32)29(33)28(15-20)41-10-6-34-7-11-41/h2-3,12-18,22,34H,4-11H2,1H3,(H,35,36)(H,37,38,39). The Kier molecular flexibility index (Phi) is 6.72. The quantitative estimate of drug-likeness (QED) is 0.281. The second-order valence-corrected chi connectivity index (χ2v) is 11.0. The predicted molar refractivity (Wildman–Crippen MR) is 159 cm³/mol. The molecule has 210 valence electrons. The number of fused-ring (bicyclic) bond motifs is 2. The fourth-order valence-corrected chi connectivity index (χ4v) is 5.96. The van der Waals surface area contributed by atoms with Gasteiger partial charge in [-0.05, 0) is 74.4 Å². The number of piperazine rings is 1. The molecule has 2 aliphatic heterocycles. The lowest BCUT2D eigenvalue weighted by molar-refractivity contribution is 0.264. The van der Waals surface area contributed by atoms with Crippen molar-refractivity contribution in [1.82, 2.24) is 30.2 Å². The maximum atomic E-state index is 14.8. The van der Waals surface area contributed by atoms with Crippen LogP contribution in [0, 0.1) is 11.6 Å². The second-order valence-electron chi connectivity index (χ2n) is 11.0. The summed E-state index contributed by atoms with van der Waals surface area (Å²) in [4.78, 5) is 21.2. The third-order valence-corrected chi connectivity index (χ3v) is 8.34. The molecule has 8 nitrogen and oxygen atoms in total. The molecule has 2 aliphatic rings. The molecular formula is C31H32F2N8. The second kappa shape index (κ2) is 10.7. The van der Waals surface area contributed by atoms with Crippen molar-refractivity contribution in [3.05, 3.63) is 66.8 Å². The van der Waals surface area contributed by atoms with Crippen molar-refractivity contribution < 1.29 is 8.78 Å². The van der Waals surface area contributed by atoms with Gasteiger partial charge in [-0.3, -0.25) is 0 Å². The molecule has 0 amide bonds. The summed E-state index contributed by atoms with van der Waals surface area (Å²) in [5, 5.41) is 8.77. The maximum absolute atomic E-state index is 14.8. The van der Waals surface area contributed by atoms with E-state index in [1.807, 2.05) is 29.3 Å². The van der Waals surface area contributed by atoms with Gasteiger partial charge in [0.2, 0.25) is 0 Å². The number of aromatic nitrogens is 4. The zero-order valence-corrected chi connectivity index (χ0v) is 22.9. The summed E-state index contributed by atoms with van der Waals surface area (Å²) in [6, 6.07) is 11.5. The van der Waals surface area contributed by atoms with Crippen LogP contribution in [-0.2, 0) is 0 Å². The molecule has 41 heavy (non-hydrogen) atoms. The van der Waals surface area contributed by atoms with Crippen LogP contribution in [0.1, 0.15) is 12.8 Å². The molecule has 0 bridgehead atoms. The largest absolute Gasteiger partial charge is 0.367 e. The SMILES string of the molecule is CN1CCC(Nc2ncnc3ccc(-c4c[nH]c5ncc(-c6cc(F)c(F)c(N7CCNCC7)c6)cc45)cc23)CC1. The molecule has 0 atom stereocenters. The molecule has 2 fully saturated rings. The average molecular weight is 555 g/mol. The molecule has 0 unspecified atom stereocenters. The first-order valence-corrected chi connectivity index (χ1v) is 14.2. The topological polar surface area (TPSA) is 85.0 Å². The number of likely N-dealkylation sites (tertiary alicyclic amines) is 1. The monoisotopic (exact) mass is 554 g/mol. The van der Waals surface area contributed by atoms with E-state index in [1.165, 1.54) is 6.07 Å². The van der Waals surface area contributed by atoms with Crippen LogP contribution >= 0.6 is 0 Å². The molecule has 3 N–H and O–H groups in total. The van der Waals surface area contributed by atoms with E-state index in [1.54, 1.807) is 18.6 Å². The Hall–Kier alpha value is -4.15. The predicted octanol–water partition coefficient (Wildman–Crippen LogP) is 5.03. The normalized spacial score (nSPS) is 17.0. The van der Waals surface area contributed by atoms with Gasteiger partial charge >= 0.3 is 0 Å². The summed E-state index contributed by atoms with van der Waals surface area (Å²) in [6.07, 6.45) is 7.39. The molecule has 3 aromatic heterocycles. The van der Waals surface area contributed by atoms with Crippen LogP contribution in [0.4, 0.5) is 20.3 Å². The van der Waals surface area contributed by atoms with Gasteiger partial charge in [0, 0.05) is 66.5 Å². The van der Waals surface area contributed by atoms with Crippen molar-refractivity contribution in [1.29, 1.82) is 0 Å². The van der Waals surface area contributed by atoms with Crippen LogP contribution in [0.2, 0.25) is 0 Å². The van der Waals surface area contributed by atoms with Gasteiger partial charge in [0.05, 0.1) is 11.2 Å². The number of aromatic amines is 1. The molecule has 0 spiro atoms. The molecule has 2 aromatic carbocycles. The minimum atomic E-state index is -0.857. The summed E-state index contributed by atoms with van der Waals surface area (Å²) in [5.41, 5.74) is 5.17. The number of rotatable bonds is 5. The Morgan fingerprint density at radius 1 is 0.878 bits per heavy atom. The van der Waals surface area contributed by atoms with Crippen molar-refractivity contribution in [2.45, 2.75) is 18.9 Å². The first-order chi connectivity index (χ1) is 20.0. The Labute approximate surface area is 236 Å². The number of benzene rings is 2. The van der Waals surface area contributed by atoms with E-state index < -0.39 is 11.6 Å². The lowest BCUT2D eigenvalue weighted by Crippen LogP contribution is -2.44. The van der Waals surface area contributed by atoms with Crippen LogP contribution in [0.25, 0.3) is 44.2 Å².